The van der Waals surface area contributed by atoms with E-state index in [-0.39, 0.29) is 37.9 Å². The summed E-state index contributed by atoms with van der Waals surface area (Å²) < 4.78 is 6.47. The van der Waals surface area contributed by atoms with Crippen LogP contribution in [0.3, 0.4) is 0 Å². The molecule has 1 aromatic rings. The Morgan fingerprint density at radius 2 is 1.86 bits per heavy atom. The molecule has 0 fully saturated rings. The Morgan fingerprint density at radius 1 is 1.24 bits per heavy atom. The van der Waals surface area contributed by atoms with Gasteiger partial charge in [-0.25, -0.2) is 0 Å². The van der Waals surface area contributed by atoms with E-state index < -0.39 is 5.97 Å². The average Bonchev–Trinajstić information content (AvgIpc) is 2.40. The molecule has 1 aromatic carbocycles. The minimum Gasteiger partial charge on any atom is -0.493 e. The molecule has 116 valence electrons. The third-order valence-electron chi connectivity index (χ3n) is 2.91. The molecule has 0 aliphatic rings. The van der Waals surface area contributed by atoms with E-state index in [1.807, 2.05) is 38.1 Å². The maximum atomic E-state index is 12.1. The van der Waals surface area contributed by atoms with E-state index >= 15 is 0 Å². The van der Waals surface area contributed by atoms with Crippen molar-refractivity contribution in [3.63, 3.8) is 0 Å². The fourth-order valence-corrected chi connectivity index (χ4v) is 2.08. The summed E-state index contributed by atoms with van der Waals surface area (Å²) in [6.07, 6.45) is 0.186. The highest BCUT2D eigenvalue weighted by Crippen LogP contribution is 2.16. The van der Waals surface area contributed by atoms with Gasteiger partial charge < -0.3 is 14.7 Å². The molecule has 0 heterocycles. The van der Waals surface area contributed by atoms with Gasteiger partial charge in [-0.1, -0.05) is 15.9 Å². The Morgan fingerprint density at radius 3 is 2.38 bits per heavy atom. The molecule has 0 atom stereocenters. The second-order valence-electron chi connectivity index (χ2n) is 4.88. The summed E-state index contributed by atoms with van der Waals surface area (Å²) in [4.78, 5) is 24.3. The zero-order valence-corrected chi connectivity index (χ0v) is 13.8. The predicted octanol–water partition coefficient (Wildman–Crippen LogP) is 2.93. The summed E-state index contributed by atoms with van der Waals surface area (Å²) in [5.41, 5.74) is 0. The normalized spacial score (nSPS) is 10.5. The Balaban J connectivity index is 2.42. The molecule has 1 N–H and O–H groups in total. The van der Waals surface area contributed by atoms with Crippen LogP contribution in [0.15, 0.2) is 28.7 Å². The molecule has 0 aliphatic heterocycles. The molecule has 0 aliphatic carbocycles. The molecule has 0 spiro atoms. The third kappa shape index (κ3) is 6.62. The number of carboxylic acid groups (broad SMARTS) is 1. The molecule has 0 bridgehead atoms. The van der Waals surface area contributed by atoms with Crippen LogP contribution in [0, 0.1) is 0 Å². The number of carbonyl (C=O) groups is 2. The van der Waals surface area contributed by atoms with Crippen LogP contribution >= 0.6 is 15.9 Å². The van der Waals surface area contributed by atoms with Gasteiger partial charge in [0, 0.05) is 17.1 Å². The third-order valence-corrected chi connectivity index (χ3v) is 3.44. The van der Waals surface area contributed by atoms with E-state index in [1.54, 1.807) is 4.90 Å². The van der Waals surface area contributed by atoms with Crippen molar-refractivity contribution in [1.29, 1.82) is 0 Å². The van der Waals surface area contributed by atoms with Crippen molar-refractivity contribution in [2.45, 2.75) is 32.7 Å². The van der Waals surface area contributed by atoms with Crippen LogP contribution in [0.2, 0.25) is 0 Å². The average molecular weight is 358 g/mol. The van der Waals surface area contributed by atoms with Gasteiger partial charge in [0.25, 0.3) is 0 Å². The maximum absolute atomic E-state index is 12.1. The number of carbonyl (C=O) groups excluding carboxylic acids is 1. The Bertz CT molecular complexity index is 473. The standard InChI is InChI=1S/C15H20BrNO4/c1-11(2)17(9-7-15(19)20)14(18)8-10-21-13-5-3-12(16)4-6-13/h3-6,11H,7-10H2,1-2H3,(H,19,20). The first-order valence-corrected chi connectivity index (χ1v) is 7.59. The predicted molar refractivity (Wildman–Crippen MR) is 83.4 cm³/mol. The Hall–Kier alpha value is -1.56. The van der Waals surface area contributed by atoms with Crippen LogP contribution < -0.4 is 4.74 Å². The van der Waals surface area contributed by atoms with Crippen LogP contribution in [0.5, 0.6) is 5.75 Å². The topological polar surface area (TPSA) is 66.8 Å². The number of ether oxygens (including phenoxy) is 1. The number of aliphatic carboxylic acids is 1. The Labute approximate surface area is 133 Å². The molecular weight excluding hydrogens is 338 g/mol. The molecule has 0 unspecified atom stereocenters. The summed E-state index contributed by atoms with van der Waals surface area (Å²) in [6.45, 7) is 4.24. The van der Waals surface area contributed by atoms with E-state index in [2.05, 4.69) is 15.9 Å². The zero-order chi connectivity index (χ0) is 15.8. The van der Waals surface area contributed by atoms with Gasteiger partial charge in [0.2, 0.25) is 5.91 Å². The summed E-state index contributed by atoms with van der Waals surface area (Å²) in [6, 6.07) is 7.34. The first-order valence-electron chi connectivity index (χ1n) is 6.79. The van der Waals surface area contributed by atoms with Gasteiger partial charge in [0.05, 0.1) is 19.4 Å². The summed E-state index contributed by atoms with van der Waals surface area (Å²) in [5, 5.41) is 8.71. The van der Waals surface area contributed by atoms with Crippen molar-refractivity contribution in [2.75, 3.05) is 13.2 Å². The fourth-order valence-electron chi connectivity index (χ4n) is 1.82. The van der Waals surface area contributed by atoms with Gasteiger partial charge in [-0.15, -0.1) is 0 Å². The van der Waals surface area contributed by atoms with Crippen LogP contribution in [-0.2, 0) is 9.59 Å². The van der Waals surface area contributed by atoms with Crippen molar-refractivity contribution in [2.24, 2.45) is 0 Å². The van der Waals surface area contributed by atoms with Crippen LogP contribution in [0.4, 0.5) is 0 Å². The van der Waals surface area contributed by atoms with Gasteiger partial charge in [-0.2, -0.15) is 0 Å². The second kappa shape index (κ2) is 8.67. The molecule has 21 heavy (non-hydrogen) atoms. The van der Waals surface area contributed by atoms with E-state index in [0.29, 0.717) is 5.75 Å². The van der Waals surface area contributed by atoms with Crippen LogP contribution in [0.25, 0.3) is 0 Å². The van der Waals surface area contributed by atoms with Gasteiger partial charge >= 0.3 is 5.97 Å². The number of hydrogen-bond donors (Lipinski definition) is 1. The molecule has 6 heteroatoms. The lowest BCUT2D eigenvalue weighted by molar-refractivity contribution is -0.139. The quantitative estimate of drug-likeness (QED) is 0.776. The number of nitrogens with zero attached hydrogens (tertiary/aromatic N) is 1. The molecular formula is C15H20BrNO4. The Kier molecular flexibility index (Phi) is 7.22. The van der Waals surface area contributed by atoms with Crippen molar-refractivity contribution in [3.8, 4) is 5.75 Å². The molecule has 0 radical (unpaired) electrons. The van der Waals surface area contributed by atoms with E-state index in [4.69, 9.17) is 9.84 Å². The summed E-state index contributed by atoms with van der Waals surface area (Å²) >= 11 is 3.34. The number of benzene rings is 1. The molecule has 1 rings (SSSR count). The van der Waals surface area contributed by atoms with Crippen molar-refractivity contribution in [1.82, 2.24) is 4.90 Å². The molecule has 0 saturated heterocycles. The first kappa shape index (κ1) is 17.5. The number of halogens is 1. The number of hydrogen-bond acceptors (Lipinski definition) is 3. The molecule has 1 amide bonds. The minimum atomic E-state index is -0.903. The van der Waals surface area contributed by atoms with Gasteiger partial charge in [-0.3, -0.25) is 9.59 Å². The summed E-state index contributed by atoms with van der Waals surface area (Å²) in [5.74, 6) is -0.296. The highest BCUT2D eigenvalue weighted by atomic mass is 79.9. The number of amides is 1. The molecule has 5 nitrogen and oxygen atoms in total. The van der Waals surface area contributed by atoms with Gasteiger partial charge in [0.15, 0.2) is 0 Å². The lowest BCUT2D eigenvalue weighted by Gasteiger charge is -2.26. The van der Waals surface area contributed by atoms with E-state index in [0.717, 1.165) is 4.47 Å². The smallest absolute Gasteiger partial charge is 0.305 e. The first-order chi connectivity index (χ1) is 9.90. The van der Waals surface area contributed by atoms with Crippen molar-refractivity contribution >= 4 is 27.8 Å². The monoisotopic (exact) mass is 357 g/mol. The maximum Gasteiger partial charge on any atom is 0.305 e. The lowest BCUT2D eigenvalue weighted by Crippen LogP contribution is -2.39. The van der Waals surface area contributed by atoms with Crippen LogP contribution in [-0.4, -0.2) is 41.1 Å². The highest BCUT2D eigenvalue weighted by molar-refractivity contribution is 9.10. The lowest BCUT2D eigenvalue weighted by atomic mass is 10.2. The highest BCUT2D eigenvalue weighted by Gasteiger charge is 2.17. The van der Waals surface area contributed by atoms with Crippen LogP contribution in [0.1, 0.15) is 26.7 Å². The summed E-state index contributed by atoms with van der Waals surface area (Å²) in [7, 11) is 0. The largest absolute Gasteiger partial charge is 0.493 e. The number of carboxylic acids is 1. The van der Waals surface area contributed by atoms with Gasteiger partial charge in [-0.05, 0) is 38.1 Å². The fraction of sp³-hybridized carbons (Fsp3) is 0.467. The molecule has 0 saturated carbocycles. The SMILES string of the molecule is CC(C)N(CCC(=O)O)C(=O)CCOc1ccc(Br)cc1. The van der Waals surface area contributed by atoms with Crippen molar-refractivity contribution < 1.29 is 19.4 Å². The van der Waals surface area contributed by atoms with Gasteiger partial charge in [0.1, 0.15) is 5.75 Å². The second-order valence-corrected chi connectivity index (χ2v) is 5.79. The molecule has 0 aromatic heterocycles. The minimum absolute atomic E-state index is 0.0236. The van der Waals surface area contributed by atoms with E-state index in [9.17, 15) is 9.59 Å². The van der Waals surface area contributed by atoms with E-state index in [1.165, 1.54) is 0 Å². The number of rotatable bonds is 8. The zero-order valence-electron chi connectivity index (χ0n) is 12.2. The van der Waals surface area contributed by atoms with Crippen molar-refractivity contribution in [3.05, 3.63) is 28.7 Å².